The van der Waals surface area contributed by atoms with Crippen LogP contribution in [0.25, 0.3) is 0 Å². The lowest BCUT2D eigenvalue weighted by Gasteiger charge is -2.39. The van der Waals surface area contributed by atoms with Crippen LogP contribution in [0.1, 0.15) is 26.3 Å². The molecule has 1 aromatic carbocycles. The van der Waals surface area contributed by atoms with Crippen LogP contribution in [0.5, 0.6) is 0 Å². The Morgan fingerprint density at radius 3 is 2.52 bits per heavy atom. The second-order valence-corrected chi connectivity index (χ2v) is 7.61. The van der Waals surface area contributed by atoms with E-state index in [-0.39, 0.29) is 23.8 Å². The summed E-state index contributed by atoms with van der Waals surface area (Å²) in [5, 5.41) is 3.34. The number of nitrogens with zero attached hydrogens (tertiary/aromatic N) is 1. The fourth-order valence-electron chi connectivity index (χ4n) is 2.28. The second kappa shape index (κ2) is 5.61. The van der Waals surface area contributed by atoms with E-state index in [2.05, 4.69) is 21.2 Å². The first-order chi connectivity index (χ1) is 9.61. The average molecular weight is 374 g/mol. The Bertz CT molecular complexity index is 610. The number of amides is 2. The minimum atomic E-state index is -0.550. The largest absolute Gasteiger partial charge is 0.342 e. The molecule has 1 heterocycles. The Balaban J connectivity index is 2.45. The Hall–Kier alpha value is -1.07. The van der Waals surface area contributed by atoms with E-state index in [1.807, 2.05) is 33.8 Å². The number of benzene rings is 1. The first kappa shape index (κ1) is 16.3. The molecule has 6 heteroatoms. The number of rotatable bonds is 1. The lowest BCUT2D eigenvalue weighted by Crippen LogP contribution is -2.62. The molecule has 0 spiro atoms. The number of anilines is 1. The first-order valence-electron chi connectivity index (χ1n) is 6.67. The van der Waals surface area contributed by atoms with Crippen LogP contribution in [0.2, 0.25) is 5.02 Å². The number of piperazine rings is 1. The van der Waals surface area contributed by atoms with Gasteiger partial charge in [0.15, 0.2) is 0 Å². The Labute approximate surface area is 138 Å². The Morgan fingerprint density at radius 1 is 1.33 bits per heavy atom. The van der Waals surface area contributed by atoms with Gasteiger partial charge in [0.1, 0.15) is 12.6 Å². The van der Waals surface area contributed by atoms with Gasteiger partial charge in [-0.15, -0.1) is 0 Å². The van der Waals surface area contributed by atoms with Crippen molar-refractivity contribution >= 4 is 45.0 Å². The molecule has 4 nitrogen and oxygen atoms in total. The first-order valence-corrected chi connectivity index (χ1v) is 7.84. The van der Waals surface area contributed by atoms with Gasteiger partial charge in [0.25, 0.3) is 5.91 Å². The molecule has 0 aliphatic carbocycles. The molecule has 1 atom stereocenters. The summed E-state index contributed by atoms with van der Waals surface area (Å²) in [6, 6.07) is 3.02. The maximum Gasteiger partial charge on any atom is 0.250 e. The zero-order valence-electron chi connectivity index (χ0n) is 12.5. The number of nitrogens with one attached hydrogen (secondary N) is 1. The average Bonchev–Trinajstić information content (AvgIpc) is 2.35. The Morgan fingerprint density at radius 2 is 1.95 bits per heavy atom. The molecule has 2 rings (SSSR count). The SMILES string of the molecule is Cc1cc(Br)c(N2CC(=O)NC(C(C)(C)C)C2=O)cc1Cl. The fourth-order valence-corrected chi connectivity index (χ4v) is 3.11. The molecule has 1 aliphatic rings. The molecule has 21 heavy (non-hydrogen) atoms. The van der Waals surface area contributed by atoms with Gasteiger partial charge >= 0.3 is 0 Å². The molecule has 0 bridgehead atoms. The molecular weight excluding hydrogens is 356 g/mol. The van der Waals surface area contributed by atoms with E-state index in [1.165, 1.54) is 4.90 Å². The number of halogens is 2. The topological polar surface area (TPSA) is 49.4 Å². The van der Waals surface area contributed by atoms with Gasteiger partial charge in [0, 0.05) is 9.50 Å². The van der Waals surface area contributed by atoms with Gasteiger partial charge < -0.3 is 10.2 Å². The zero-order valence-corrected chi connectivity index (χ0v) is 14.8. The van der Waals surface area contributed by atoms with Crippen molar-refractivity contribution in [2.45, 2.75) is 33.7 Å². The molecule has 1 unspecified atom stereocenters. The lowest BCUT2D eigenvalue weighted by molar-refractivity contribution is -0.133. The van der Waals surface area contributed by atoms with Crippen LogP contribution < -0.4 is 10.2 Å². The number of hydrogen-bond donors (Lipinski definition) is 1. The van der Waals surface area contributed by atoms with Gasteiger partial charge in [0.2, 0.25) is 5.91 Å². The molecule has 1 N–H and O–H groups in total. The molecule has 0 saturated carbocycles. The maximum absolute atomic E-state index is 12.7. The molecule has 1 aliphatic heterocycles. The van der Waals surface area contributed by atoms with Crippen molar-refractivity contribution in [1.29, 1.82) is 0 Å². The third kappa shape index (κ3) is 3.24. The third-order valence-corrected chi connectivity index (χ3v) is 4.55. The number of hydrogen-bond acceptors (Lipinski definition) is 2. The van der Waals surface area contributed by atoms with Crippen molar-refractivity contribution in [2.24, 2.45) is 5.41 Å². The normalized spacial score (nSPS) is 19.7. The summed E-state index contributed by atoms with van der Waals surface area (Å²) < 4.78 is 0.750. The monoisotopic (exact) mass is 372 g/mol. The van der Waals surface area contributed by atoms with Crippen molar-refractivity contribution in [3.8, 4) is 0 Å². The summed E-state index contributed by atoms with van der Waals surface area (Å²) in [4.78, 5) is 26.2. The van der Waals surface area contributed by atoms with Gasteiger partial charge in [-0.2, -0.15) is 0 Å². The highest BCUT2D eigenvalue weighted by atomic mass is 79.9. The van der Waals surface area contributed by atoms with Crippen LogP contribution in [-0.2, 0) is 9.59 Å². The van der Waals surface area contributed by atoms with E-state index in [4.69, 9.17) is 11.6 Å². The zero-order chi connectivity index (χ0) is 15.9. The molecule has 1 aromatic rings. The van der Waals surface area contributed by atoms with Gasteiger partial charge in [-0.1, -0.05) is 32.4 Å². The van der Waals surface area contributed by atoms with Crippen LogP contribution in [0, 0.1) is 12.3 Å². The Kier molecular flexibility index (Phi) is 4.36. The summed E-state index contributed by atoms with van der Waals surface area (Å²) in [6.45, 7) is 7.67. The van der Waals surface area contributed by atoms with Crippen LogP contribution in [0.4, 0.5) is 5.69 Å². The van der Waals surface area contributed by atoms with E-state index in [0.717, 1.165) is 10.0 Å². The molecule has 2 amide bonds. The highest BCUT2D eigenvalue weighted by Gasteiger charge is 2.41. The van der Waals surface area contributed by atoms with Gasteiger partial charge in [0.05, 0.1) is 5.69 Å². The summed E-state index contributed by atoms with van der Waals surface area (Å²) in [5.74, 6) is -0.291. The highest BCUT2D eigenvalue weighted by Crippen LogP contribution is 2.34. The number of aryl methyl sites for hydroxylation is 1. The van der Waals surface area contributed by atoms with Crippen LogP contribution >= 0.6 is 27.5 Å². The van der Waals surface area contributed by atoms with Gasteiger partial charge in [-0.05, 0) is 46.0 Å². The summed E-state index contributed by atoms with van der Waals surface area (Å²) in [5.41, 5.74) is 1.18. The highest BCUT2D eigenvalue weighted by molar-refractivity contribution is 9.10. The van der Waals surface area contributed by atoms with E-state index in [1.54, 1.807) is 6.07 Å². The summed E-state index contributed by atoms with van der Waals surface area (Å²) in [7, 11) is 0. The van der Waals surface area contributed by atoms with E-state index in [0.29, 0.717) is 10.7 Å². The lowest BCUT2D eigenvalue weighted by atomic mass is 9.84. The quantitative estimate of drug-likeness (QED) is 0.821. The third-order valence-electron chi connectivity index (χ3n) is 3.50. The summed E-state index contributed by atoms with van der Waals surface area (Å²) in [6.07, 6.45) is 0. The van der Waals surface area contributed by atoms with E-state index < -0.39 is 6.04 Å². The van der Waals surface area contributed by atoms with E-state index in [9.17, 15) is 9.59 Å². The van der Waals surface area contributed by atoms with Crippen molar-refractivity contribution in [2.75, 3.05) is 11.4 Å². The molecular formula is C15H18BrClN2O2. The van der Waals surface area contributed by atoms with Crippen molar-refractivity contribution in [3.05, 3.63) is 27.2 Å². The van der Waals surface area contributed by atoms with Crippen LogP contribution in [-0.4, -0.2) is 24.4 Å². The van der Waals surface area contributed by atoms with Crippen LogP contribution in [0.15, 0.2) is 16.6 Å². The minimum Gasteiger partial charge on any atom is -0.342 e. The smallest absolute Gasteiger partial charge is 0.250 e. The van der Waals surface area contributed by atoms with Gasteiger partial charge in [-0.3, -0.25) is 9.59 Å². The molecule has 1 saturated heterocycles. The van der Waals surface area contributed by atoms with Crippen molar-refractivity contribution in [1.82, 2.24) is 5.32 Å². The molecule has 114 valence electrons. The fraction of sp³-hybridized carbons (Fsp3) is 0.467. The van der Waals surface area contributed by atoms with Gasteiger partial charge in [-0.25, -0.2) is 0 Å². The molecule has 0 aromatic heterocycles. The molecule has 1 fully saturated rings. The minimum absolute atomic E-state index is 0.00338. The summed E-state index contributed by atoms with van der Waals surface area (Å²) >= 11 is 9.61. The number of carbonyl (C=O) groups excluding carboxylic acids is 2. The second-order valence-electron chi connectivity index (χ2n) is 6.34. The van der Waals surface area contributed by atoms with Crippen molar-refractivity contribution in [3.63, 3.8) is 0 Å². The van der Waals surface area contributed by atoms with E-state index >= 15 is 0 Å². The number of carbonyl (C=O) groups is 2. The standard InChI is InChI=1S/C15H18BrClN2O2/c1-8-5-9(16)11(6-10(8)17)19-7-12(20)18-13(14(19)21)15(2,3)4/h5-6,13H,7H2,1-4H3,(H,18,20). The predicted octanol–water partition coefficient (Wildman–Crippen LogP) is 3.29. The van der Waals surface area contributed by atoms with Crippen LogP contribution in [0.3, 0.4) is 0 Å². The van der Waals surface area contributed by atoms with Crippen molar-refractivity contribution < 1.29 is 9.59 Å². The molecule has 0 radical (unpaired) electrons. The predicted molar refractivity (Wildman–Crippen MR) is 87.6 cm³/mol. The maximum atomic E-state index is 12.7.